The Morgan fingerprint density at radius 1 is 0.512 bits per heavy atom. The van der Waals surface area contributed by atoms with Crippen LogP contribution in [0.1, 0.15) is 0 Å². The van der Waals surface area contributed by atoms with Crippen LogP contribution in [0.3, 0.4) is 0 Å². The van der Waals surface area contributed by atoms with Gasteiger partial charge in [-0.15, -0.1) is 0 Å². The summed E-state index contributed by atoms with van der Waals surface area (Å²) in [5, 5.41) is 8.16. The van der Waals surface area contributed by atoms with Crippen LogP contribution < -0.4 is 15.9 Å². The van der Waals surface area contributed by atoms with Gasteiger partial charge in [-0.2, -0.15) is 0 Å². The number of pyridine rings is 1. The van der Waals surface area contributed by atoms with Gasteiger partial charge in [-0.1, -0.05) is 0 Å². The molecule has 0 aliphatic carbocycles. The van der Waals surface area contributed by atoms with Gasteiger partial charge in [0.05, 0.1) is 0 Å². The van der Waals surface area contributed by atoms with Gasteiger partial charge in [-0.25, -0.2) is 0 Å². The van der Waals surface area contributed by atoms with Crippen LogP contribution in [0.15, 0.2) is 150 Å². The molecule has 0 unspecified atom stereocenters. The predicted octanol–water partition coefficient (Wildman–Crippen LogP) is 7.89. The molecule has 196 valence electrons. The van der Waals surface area contributed by atoms with E-state index in [1.807, 2.05) is 91.0 Å². The number of aromatic nitrogens is 1. The Hall–Kier alpha value is -4.82. The number of para-hydroxylation sites is 2. The van der Waals surface area contributed by atoms with Crippen LogP contribution in [-0.4, -0.2) is 9.88 Å². The molecule has 1 N–H and O–H groups in total. The van der Waals surface area contributed by atoms with E-state index in [2.05, 4.69) is 54.6 Å². The van der Waals surface area contributed by atoms with Gasteiger partial charge in [0.1, 0.15) is 0 Å². The third kappa shape index (κ3) is 3.71. The van der Waals surface area contributed by atoms with Gasteiger partial charge in [0.2, 0.25) is 0 Å². The molecule has 0 fully saturated rings. The molecule has 0 aliphatic heterocycles. The summed E-state index contributed by atoms with van der Waals surface area (Å²) in [5.74, 6) is 0. The summed E-state index contributed by atoms with van der Waals surface area (Å²) in [5.41, 5.74) is 4.50. The minimum atomic E-state index is -3.28. The normalized spacial score (nSPS) is 12.4. The topological polar surface area (TPSA) is 46.3 Å². The van der Waals surface area contributed by atoms with Crippen molar-refractivity contribution in [2.75, 3.05) is 0 Å². The molecule has 6 aromatic carbocycles. The second-order valence-corrected chi connectivity index (χ2v) is 13.6. The second-order valence-electron chi connectivity index (χ2n) is 10.5. The molecule has 0 atom stereocenters. The summed E-state index contributed by atoms with van der Waals surface area (Å²) in [4.78, 5) is 17.8. The first-order valence-corrected chi connectivity index (χ1v) is 15.7. The van der Waals surface area contributed by atoms with Gasteiger partial charge in [0.15, 0.2) is 0 Å². The molecule has 0 saturated carbocycles. The van der Waals surface area contributed by atoms with Crippen molar-refractivity contribution >= 4 is 67.0 Å². The van der Waals surface area contributed by atoms with E-state index in [1.54, 1.807) is 0 Å². The third-order valence-corrected chi connectivity index (χ3v) is 11.6. The van der Waals surface area contributed by atoms with Gasteiger partial charge in [-0.05, 0) is 0 Å². The Labute approximate surface area is 237 Å². The van der Waals surface area contributed by atoms with Crippen molar-refractivity contribution < 1.29 is 9.31 Å². The van der Waals surface area contributed by atoms with E-state index in [1.165, 1.54) is 0 Å². The number of benzene rings is 6. The van der Waals surface area contributed by atoms with Crippen molar-refractivity contribution in [1.82, 2.24) is 4.98 Å². The van der Waals surface area contributed by atoms with Crippen LogP contribution in [-0.2, 0) is 0 Å². The molecular formula is C37H26NO2P. The fourth-order valence-corrected chi connectivity index (χ4v) is 9.24. The van der Waals surface area contributed by atoms with Gasteiger partial charge in [-0.3, -0.25) is 0 Å². The first kappa shape index (κ1) is 24.0. The number of nitrogens with zero attached hydrogens (tertiary/aromatic N) is 1. The van der Waals surface area contributed by atoms with E-state index in [4.69, 9.17) is 9.40 Å². The molecule has 41 heavy (non-hydrogen) atoms. The van der Waals surface area contributed by atoms with Crippen molar-refractivity contribution in [3.8, 4) is 11.3 Å². The summed E-state index contributed by atoms with van der Waals surface area (Å²) >= 11 is 0. The van der Waals surface area contributed by atoms with Crippen molar-refractivity contribution in [2.24, 2.45) is 0 Å². The van der Waals surface area contributed by atoms with Gasteiger partial charge >= 0.3 is 238 Å². The average molecular weight is 548 g/mol. The Morgan fingerprint density at radius 3 is 1.88 bits per heavy atom. The molecule has 2 aromatic heterocycles. The molecule has 0 bridgehead atoms. The molecule has 8 aromatic rings. The van der Waals surface area contributed by atoms with Crippen LogP contribution in [0.25, 0.3) is 54.9 Å². The molecule has 0 saturated heterocycles. The Morgan fingerprint density at radius 2 is 1.12 bits per heavy atom. The number of hydrogen-bond acceptors (Lipinski definition) is 3. The van der Waals surface area contributed by atoms with E-state index in [0.717, 1.165) is 70.8 Å². The van der Waals surface area contributed by atoms with Crippen molar-refractivity contribution in [1.29, 1.82) is 0 Å². The zero-order valence-corrected chi connectivity index (χ0v) is 23.2. The van der Waals surface area contributed by atoms with Crippen LogP contribution in [0.2, 0.25) is 0 Å². The van der Waals surface area contributed by atoms with Crippen LogP contribution in [0.4, 0.5) is 0 Å². The van der Waals surface area contributed by atoms with E-state index < -0.39 is 7.49 Å². The monoisotopic (exact) mass is 547 g/mol. The number of furan rings is 1. The van der Waals surface area contributed by atoms with Crippen LogP contribution in [0, 0.1) is 0 Å². The van der Waals surface area contributed by atoms with E-state index in [9.17, 15) is 4.89 Å². The van der Waals surface area contributed by atoms with E-state index in [-0.39, 0.29) is 0 Å². The SMILES string of the molecule is O[PH](c1ccccc1)(c1ccccc1)c1cccc(-c2nc3ccccc3c3c2ccc2c4ccccc4oc23)c1. The summed E-state index contributed by atoms with van der Waals surface area (Å²) in [6.07, 6.45) is 0. The minimum absolute atomic E-state index is 0.874. The third-order valence-electron chi connectivity index (χ3n) is 8.14. The number of fused-ring (bicyclic) bond motifs is 7. The van der Waals surface area contributed by atoms with Gasteiger partial charge in [0.25, 0.3) is 0 Å². The fraction of sp³-hybridized carbons (Fsp3) is 0. The Kier molecular flexibility index (Phi) is 5.50. The second kappa shape index (κ2) is 9.38. The standard InChI is InChI=1S/C37H26NO2P/c39-41(26-13-3-1-4-14-26,27-15-5-2-6-16-27)28-17-11-12-25(24-28)36-32-23-22-30-29-18-8-10-21-34(29)40-37(30)35(32)31-19-7-9-20-33(31)38-36/h1-24,39,41H. The zero-order chi connectivity index (χ0) is 27.4. The molecule has 0 radical (unpaired) electrons. The van der Waals surface area contributed by atoms with Crippen LogP contribution in [0.5, 0.6) is 0 Å². The average Bonchev–Trinajstić information content (AvgIpc) is 3.44. The van der Waals surface area contributed by atoms with Crippen LogP contribution >= 0.6 is 7.49 Å². The Balaban J connectivity index is 1.42. The molecule has 3 nitrogen and oxygen atoms in total. The summed E-state index contributed by atoms with van der Waals surface area (Å²) < 4.78 is 6.50. The van der Waals surface area contributed by atoms with Gasteiger partial charge in [0, 0.05) is 0 Å². The summed E-state index contributed by atoms with van der Waals surface area (Å²) in [6, 6.07) is 49.2. The maximum atomic E-state index is 12.6. The molecule has 4 heteroatoms. The van der Waals surface area contributed by atoms with Crippen molar-refractivity contribution in [3.63, 3.8) is 0 Å². The first-order valence-electron chi connectivity index (χ1n) is 13.8. The van der Waals surface area contributed by atoms with E-state index in [0.29, 0.717) is 0 Å². The van der Waals surface area contributed by atoms with E-state index >= 15 is 0 Å². The molecule has 0 spiro atoms. The molecule has 0 amide bonds. The number of rotatable bonds is 4. The predicted molar refractivity (Wildman–Crippen MR) is 174 cm³/mol. The first-order chi connectivity index (χ1) is 20.2. The molecular weight excluding hydrogens is 521 g/mol. The Bertz CT molecular complexity index is 2180. The molecule has 0 aliphatic rings. The van der Waals surface area contributed by atoms with Gasteiger partial charge < -0.3 is 0 Å². The summed E-state index contributed by atoms with van der Waals surface area (Å²) in [7, 11) is -3.28. The molecule has 8 rings (SSSR count). The van der Waals surface area contributed by atoms with Crippen molar-refractivity contribution in [2.45, 2.75) is 0 Å². The zero-order valence-electron chi connectivity index (χ0n) is 22.2. The quantitative estimate of drug-likeness (QED) is 0.180. The molecule has 2 heterocycles. The fourth-order valence-electron chi connectivity index (χ4n) is 6.19. The maximum absolute atomic E-state index is 12.6. The van der Waals surface area contributed by atoms with Crippen molar-refractivity contribution in [3.05, 3.63) is 146 Å². The number of hydrogen-bond donors (Lipinski definition) is 1. The summed E-state index contributed by atoms with van der Waals surface area (Å²) in [6.45, 7) is 0.